The van der Waals surface area contributed by atoms with Crippen LogP contribution in [0.25, 0.3) is 0 Å². The van der Waals surface area contributed by atoms with Gasteiger partial charge in [0, 0.05) is 16.7 Å². The zero-order chi connectivity index (χ0) is 7.78. The van der Waals surface area contributed by atoms with Crippen LogP contribution in [-0.4, -0.2) is 21.6 Å². The number of aliphatic imine (C=N–C) groups is 1. The molecule has 0 aromatic heterocycles. The lowest BCUT2D eigenvalue weighted by atomic mass is 10.3. The summed E-state index contributed by atoms with van der Waals surface area (Å²) >= 11 is 6.15. The molecule has 0 saturated carbocycles. The summed E-state index contributed by atoms with van der Waals surface area (Å²) in [7, 11) is 0. The summed E-state index contributed by atoms with van der Waals surface area (Å²) in [5.74, 6) is 0.833. The molecular formula is C7H13NS2. The van der Waals surface area contributed by atoms with Gasteiger partial charge in [-0.3, -0.25) is 4.99 Å². The second-order valence-corrected chi connectivity index (χ2v) is 4.98. The Morgan fingerprint density at radius 1 is 1.80 bits per heavy atom. The van der Waals surface area contributed by atoms with E-state index in [-0.39, 0.29) is 4.87 Å². The van der Waals surface area contributed by atoms with Crippen LogP contribution in [0, 0.1) is 0 Å². The van der Waals surface area contributed by atoms with Crippen LogP contribution in [0.2, 0.25) is 0 Å². The molecule has 3 heteroatoms. The van der Waals surface area contributed by atoms with Crippen molar-refractivity contribution in [2.45, 2.75) is 30.9 Å². The van der Waals surface area contributed by atoms with E-state index in [9.17, 15) is 0 Å². The topological polar surface area (TPSA) is 12.4 Å². The molecular weight excluding hydrogens is 162 g/mol. The molecule has 0 bridgehead atoms. The Labute approximate surface area is 72.1 Å². The maximum Gasteiger partial charge on any atom is 0.112 e. The fourth-order valence-corrected chi connectivity index (χ4v) is 2.58. The van der Waals surface area contributed by atoms with E-state index in [0.29, 0.717) is 5.25 Å². The highest BCUT2D eigenvalue weighted by molar-refractivity contribution is 8.03. The van der Waals surface area contributed by atoms with Crippen molar-refractivity contribution in [1.29, 1.82) is 0 Å². The van der Waals surface area contributed by atoms with Crippen molar-refractivity contribution in [3.05, 3.63) is 0 Å². The lowest BCUT2D eigenvalue weighted by Gasteiger charge is -2.16. The Kier molecular flexibility index (Phi) is 2.35. The second-order valence-electron chi connectivity index (χ2n) is 2.85. The van der Waals surface area contributed by atoms with E-state index < -0.39 is 0 Å². The van der Waals surface area contributed by atoms with Gasteiger partial charge < -0.3 is 0 Å². The van der Waals surface area contributed by atoms with Gasteiger partial charge in [-0.25, -0.2) is 0 Å². The van der Waals surface area contributed by atoms with Crippen LogP contribution in [0.1, 0.15) is 20.8 Å². The van der Waals surface area contributed by atoms with Gasteiger partial charge in [0.1, 0.15) is 4.87 Å². The molecule has 58 valence electrons. The first-order chi connectivity index (χ1) is 4.57. The van der Waals surface area contributed by atoms with Crippen LogP contribution in [0.4, 0.5) is 0 Å². The summed E-state index contributed by atoms with van der Waals surface area (Å²) in [5.41, 5.74) is 1.25. The van der Waals surface area contributed by atoms with Crippen LogP contribution < -0.4 is 0 Å². The minimum absolute atomic E-state index is 0.0482. The first kappa shape index (κ1) is 8.47. The van der Waals surface area contributed by atoms with Crippen molar-refractivity contribution in [1.82, 2.24) is 0 Å². The molecule has 1 nitrogen and oxygen atoms in total. The zero-order valence-corrected chi connectivity index (χ0v) is 8.30. The van der Waals surface area contributed by atoms with Gasteiger partial charge >= 0.3 is 0 Å². The van der Waals surface area contributed by atoms with Crippen molar-refractivity contribution in [3.8, 4) is 0 Å². The van der Waals surface area contributed by atoms with Crippen LogP contribution in [-0.2, 0) is 0 Å². The normalized spacial score (nSPS) is 40.0. The quantitative estimate of drug-likeness (QED) is 0.603. The molecule has 1 heterocycles. The zero-order valence-electron chi connectivity index (χ0n) is 6.59. The minimum atomic E-state index is 0.0482. The highest BCUT2D eigenvalue weighted by atomic mass is 32.2. The van der Waals surface area contributed by atoms with Crippen LogP contribution in [0.15, 0.2) is 4.99 Å². The van der Waals surface area contributed by atoms with E-state index in [1.807, 2.05) is 11.8 Å². The minimum Gasteiger partial charge on any atom is -0.275 e. The molecule has 1 aliphatic rings. The molecule has 0 amide bonds. The van der Waals surface area contributed by atoms with Crippen molar-refractivity contribution in [2.24, 2.45) is 4.99 Å². The predicted molar refractivity (Wildman–Crippen MR) is 52.4 cm³/mol. The molecule has 10 heavy (non-hydrogen) atoms. The molecule has 0 spiro atoms. The van der Waals surface area contributed by atoms with Crippen LogP contribution in [0.5, 0.6) is 0 Å². The van der Waals surface area contributed by atoms with E-state index in [2.05, 4.69) is 38.4 Å². The van der Waals surface area contributed by atoms with Gasteiger partial charge in [-0.05, 0) is 20.8 Å². The van der Waals surface area contributed by atoms with Crippen LogP contribution in [0.3, 0.4) is 0 Å². The Bertz CT molecular complexity index is 167. The summed E-state index contributed by atoms with van der Waals surface area (Å²) in [6.45, 7) is 6.42. The van der Waals surface area contributed by atoms with Gasteiger partial charge in [-0.15, -0.1) is 11.8 Å². The van der Waals surface area contributed by atoms with Crippen molar-refractivity contribution < 1.29 is 0 Å². The van der Waals surface area contributed by atoms with Gasteiger partial charge in [-0.1, -0.05) is 0 Å². The molecule has 0 aliphatic carbocycles. The Morgan fingerprint density at radius 2 is 2.40 bits per heavy atom. The first-order valence-electron chi connectivity index (χ1n) is 3.42. The molecule has 0 radical (unpaired) electrons. The van der Waals surface area contributed by atoms with Gasteiger partial charge in [0.05, 0.1) is 0 Å². The van der Waals surface area contributed by atoms with Gasteiger partial charge in [0.25, 0.3) is 0 Å². The molecule has 0 N–H and O–H groups in total. The number of nitrogens with zero attached hydrogens (tertiary/aromatic N) is 1. The van der Waals surface area contributed by atoms with Gasteiger partial charge in [0.15, 0.2) is 0 Å². The summed E-state index contributed by atoms with van der Waals surface area (Å²) in [6, 6.07) is 0. The molecule has 1 aliphatic heterocycles. The Balaban J connectivity index is 2.72. The number of hydrogen-bond acceptors (Lipinski definition) is 3. The van der Waals surface area contributed by atoms with Gasteiger partial charge in [0.2, 0.25) is 0 Å². The third-order valence-corrected chi connectivity index (χ3v) is 3.99. The molecule has 2 unspecified atom stereocenters. The third kappa shape index (κ3) is 1.51. The Hall–Kier alpha value is 0.370. The highest BCUT2D eigenvalue weighted by Gasteiger charge is 2.32. The molecule has 1 rings (SSSR count). The summed E-state index contributed by atoms with van der Waals surface area (Å²) in [6.07, 6.45) is 0. The van der Waals surface area contributed by atoms with E-state index in [0.717, 1.165) is 5.75 Å². The lowest BCUT2D eigenvalue weighted by molar-refractivity contribution is 0.788. The van der Waals surface area contributed by atoms with Crippen molar-refractivity contribution >= 4 is 30.1 Å². The summed E-state index contributed by atoms with van der Waals surface area (Å²) in [5, 5.41) is 0.581. The average molecular weight is 175 g/mol. The fraction of sp³-hybridized carbons (Fsp3) is 0.857. The highest BCUT2D eigenvalue weighted by Crippen LogP contribution is 2.38. The van der Waals surface area contributed by atoms with Crippen LogP contribution >= 0.6 is 24.4 Å². The van der Waals surface area contributed by atoms with Crippen molar-refractivity contribution in [2.75, 3.05) is 5.75 Å². The smallest absolute Gasteiger partial charge is 0.112 e. The van der Waals surface area contributed by atoms with E-state index in [4.69, 9.17) is 0 Å². The SMILES string of the molecule is CC1=NC(C)(CS)SC1C. The fourth-order valence-electron chi connectivity index (χ4n) is 1.03. The molecule has 0 fully saturated rings. The summed E-state index contributed by atoms with van der Waals surface area (Å²) < 4.78 is 0. The molecule has 0 aromatic carbocycles. The number of thioether (sulfide) groups is 1. The Morgan fingerprint density at radius 3 is 2.60 bits per heavy atom. The largest absolute Gasteiger partial charge is 0.275 e. The van der Waals surface area contributed by atoms with E-state index in [1.165, 1.54) is 5.71 Å². The van der Waals surface area contributed by atoms with Gasteiger partial charge in [-0.2, -0.15) is 12.6 Å². The summed E-state index contributed by atoms with van der Waals surface area (Å²) in [4.78, 5) is 4.57. The second kappa shape index (κ2) is 2.78. The number of hydrogen-bond donors (Lipinski definition) is 1. The third-order valence-electron chi connectivity index (χ3n) is 1.73. The standard InChI is InChI=1S/C7H13NS2/c1-5-6(2)10-7(3,4-9)8-5/h6,9H,4H2,1-3H3. The van der Waals surface area contributed by atoms with E-state index in [1.54, 1.807) is 0 Å². The maximum absolute atomic E-state index is 4.52. The average Bonchev–Trinajstić information content (AvgIpc) is 2.10. The molecule has 0 saturated heterocycles. The van der Waals surface area contributed by atoms with E-state index >= 15 is 0 Å². The number of thiol groups is 1. The lowest BCUT2D eigenvalue weighted by Crippen LogP contribution is -2.16. The van der Waals surface area contributed by atoms with Crippen molar-refractivity contribution in [3.63, 3.8) is 0 Å². The maximum atomic E-state index is 4.52. The molecule has 2 atom stereocenters. The first-order valence-corrected chi connectivity index (χ1v) is 4.93. The molecule has 0 aromatic rings. The predicted octanol–water partition coefficient (Wildman–Crippen LogP) is 2.23. The monoisotopic (exact) mass is 175 g/mol. The number of rotatable bonds is 1.